The Morgan fingerprint density at radius 2 is 1.90 bits per heavy atom. The van der Waals surface area contributed by atoms with Crippen LogP contribution in [0.25, 0.3) is 0 Å². The van der Waals surface area contributed by atoms with Crippen molar-refractivity contribution in [3.8, 4) is 11.5 Å². The Balaban J connectivity index is 1.34. The Morgan fingerprint density at radius 3 is 2.61 bits per heavy atom. The molecule has 2 fully saturated rings. The number of likely N-dealkylation sites (tertiary alicyclic amines) is 2. The van der Waals surface area contributed by atoms with Crippen LogP contribution in [-0.2, 0) is 6.54 Å². The molecule has 31 heavy (non-hydrogen) atoms. The van der Waals surface area contributed by atoms with Crippen molar-refractivity contribution >= 4 is 5.78 Å². The number of carbonyl (C=O) groups is 1. The fraction of sp³-hybridized carbons (Fsp3) is 0.520. The number of ketones is 1. The number of ether oxygens (including phenoxy) is 2. The summed E-state index contributed by atoms with van der Waals surface area (Å²) < 4.78 is 10.8. The van der Waals surface area contributed by atoms with Crippen molar-refractivity contribution in [2.24, 2.45) is 5.92 Å². The Kier molecular flexibility index (Phi) is 7.20. The number of nitrogens with zero attached hydrogens (tertiary/aromatic N) is 3. The zero-order chi connectivity index (χ0) is 21.6. The van der Waals surface area contributed by atoms with Gasteiger partial charge in [-0.25, -0.2) is 0 Å². The highest BCUT2D eigenvalue weighted by Gasteiger charge is 2.33. The predicted octanol–water partition coefficient (Wildman–Crippen LogP) is 3.66. The zero-order valence-corrected chi connectivity index (χ0v) is 18.6. The van der Waals surface area contributed by atoms with E-state index in [1.54, 1.807) is 20.3 Å². The second-order valence-corrected chi connectivity index (χ2v) is 8.59. The molecule has 166 valence electrons. The van der Waals surface area contributed by atoms with Gasteiger partial charge in [-0.15, -0.1) is 0 Å². The van der Waals surface area contributed by atoms with Gasteiger partial charge in [0.2, 0.25) is 0 Å². The molecule has 3 heterocycles. The Bertz CT molecular complexity index is 866. The summed E-state index contributed by atoms with van der Waals surface area (Å²) in [6.07, 6.45) is 6.19. The van der Waals surface area contributed by atoms with Crippen molar-refractivity contribution in [2.75, 3.05) is 40.4 Å². The normalized spacial score (nSPS) is 21.0. The van der Waals surface area contributed by atoms with Crippen LogP contribution < -0.4 is 9.47 Å². The van der Waals surface area contributed by atoms with Crippen molar-refractivity contribution in [1.29, 1.82) is 0 Å². The van der Waals surface area contributed by atoms with E-state index in [0.717, 1.165) is 64.1 Å². The monoisotopic (exact) mass is 423 g/mol. The summed E-state index contributed by atoms with van der Waals surface area (Å²) in [7, 11) is 3.23. The lowest BCUT2D eigenvalue weighted by molar-refractivity contribution is 0.0581. The van der Waals surface area contributed by atoms with Gasteiger partial charge >= 0.3 is 0 Å². The summed E-state index contributed by atoms with van der Waals surface area (Å²) >= 11 is 0. The van der Waals surface area contributed by atoms with E-state index in [0.29, 0.717) is 23.1 Å². The minimum atomic E-state index is 0.0302. The minimum absolute atomic E-state index is 0.0302. The molecule has 1 unspecified atom stereocenters. The molecule has 0 saturated carbocycles. The number of carbonyl (C=O) groups excluding carboxylic acids is 1. The smallest absolute Gasteiger partial charge is 0.170 e. The second kappa shape index (κ2) is 10.2. The minimum Gasteiger partial charge on any atom is -0.497 e. The molecule has 6 nitrogen and oxygen atoms in total. The quantitative estimate of drug-likeness (QED) is 0.634. The predicted molar refractivity (Wildman–Crippen MR) is 121 cm³/mol. The Hall–Kier alpha value is -2.44. The highest BCUT2D eigenvalue weighted by Crippen LogP contribution is 2.31. The summed E-state index contributed by atoms with van der Waals surface area (Å²) in [5, 5.41) is 0. The Morgan fingerprint density at radius 1 is 1.06 bits per heavy atom. The van der Waals surface area contributed by atoms with Crippen LogP contribution in [0.5, 0.6) is 11.5 Å². The third-order valence-electron chi connectivity index (χ3n) is 6.68. The largest absolute Gasteiger partial charge is 0.497 e. The fourth-order valence-electron chi connectivity index (χ4n) is 4.94. The number of pyridine rings is 1. The highest BCUT2D eigenvalue weighted by molar-refractivity contribution is 6.00. The van der Waals surface area contributed by atoms with E-state index < -0.39 is 0 Å². The summed E-state index contributed by atoms with van der Waals surface area (Å²) in [5.41, 5.74) is 1.80. The number of hydrogen-bond donors (Lipinski definition) is 0. The van der Waals surface area contributed by atoms with Crippen molar-refractivity contribution < 1.29 is 14.3 Å². The third-order valence-corrected chi connectivity index (χ3v) is 6.68. The van der Waals surface area contributed by atoms with Gasteiger partial charge in [-0.05, 0) is 56.5 Å². The number of rotatable bonds is 7. The molecule has 1 aromatic heterocycles. The third kappa shape index (κ3) is 5.25. The Labute approximate surface area is 185 Å². The summed E-state index contributed by atoms with van der Waals surface area (Å²) in [6.45, 7) is 5.03. The lowest BCUT2D eigenvalue weighted by Crippen LogP contribution is -2.49. The van der Waals surface area contributed by atoms with Crippen LogP contribution in [0, 0.1) is 5.92 Å². The first-order valence-corrected chi connectivity index (χ1v) is 11.3. The molecule has 6 heteroatoms. The van der Waals surface area contributed by atoms with Crippen molar-refractivity contribution in [3.63, 3.8) is 0 Å². The first-order chi connectivity index (χ1) is 15.2. The van der Waals surface area contributed by atoms with Gasteiger partial charge in [0, 0.05) is 50.4 Å². The highest BCUT2D eigenvalue weighted by atomic mass is 16.5. The SMILES string of the molecule is COc1ccc(C(=O)C2CCCN(C3CCN(Cc4ccccn4)CC3)C2)c(OC)c1. The second-order valence-electron chi connectivity index (χ2n) is 8.59. The molecule has 2 aliphatic heterocycles. The fourth-order valence-corrected chi connectivity index (χ4v) is 4.94. The van der Waals surface area contributed by atoms with Gasteiger partial charge in [0.1, 0.15) is 11.5 Å². The molecule has 0 bridgehead atoms. The number of piperidine rings is 2. The maximum Gasteiger partial charge on any atom is 0.170 e. The zero-order valence-electron chi connectivity index (χ0n) is 18.6. The number of Topliss-reactive ketones (excluding diaryl/α,β-unsaturated/α-hetero) is 1. The van der Waals surface area contributed by atoms with Gasteiger partial charge in [0.15, 0.2) is 5.78 Å². The van der Waals surface area contributed by atoms with E-state index in [1.165, 1.54) is 0 Å². The summed E-state index contributed by atoms with van der Waals surface area (Å²) in [5.74, 6) is 1.53. The maximum atomic E-state index is 13.3. The van der Waals surface area contributed by atoms with Gasteiger partial charge < -0.3 is 9.47 Å². The molecule has 1 atom stereocenters. The van der Waals surface area contributed by atoms with Gasteiger partial charge in [-0.2, -0.15) is 0 Å². The summed E-state index contributed by atoms with van der Waals surface area (Å²) in [4.78, 5) is 22.8. The van der Waals surface area contributed by atoms with E-state index in [2.05, 4.69) is 26.9 Å². The molecule has 0 radical (unpaired) electrons. The average Bonchev–Trinajstić information content (AvgIpc) is 2.84. The first-order valence-electron chi connectivity index (χ1n) is 11.3. The molecule has 2 saturated heterocycles. The van der Waals surface area contributed by atoms with E-state index in [-0.39, 0.29) is 11.7 Å². The van der Waals surface area contributed by atoms with E-state index in [1.807, 2.05) is 24.4 Å². The van der Waals surface area contributed by atoms with Crippen LogP contribution in [0.4, 0.5) is 0 Å². The lowest BCUT2D eigenvalue weighted by Gasteiger charge is -2.42. The van der Waals surface area contributed by atoms with Crippen LogP contribution in [0.15, 0.2) is 42.6 Å². The molecule has 0 spiro atoms. The first kappa shape index (κ1) is 21.8. The molecule has 2 aromatic rings. The topological polar surface area (TPSA) is 54.9 Å². The van der Waals surface area contributed by atoms with Gasteiger partial charge in [0.05, 0.1) is 25.5 Å². The van der Waals surface area contributed by atoms with Crippen molar-refractivity contribution in [3.05, 3.63) is 53.9 Å². The number of benzene rings is 1. The van der Waals surface area contributed by atoms with Gasteiger partial charge in [-0.1, -0.05) is 6.07 Å². The van der Waals surface area contributed by atoms with Crippen LogP contribution in [-0.4, -0.2) is 67.0 Å². The van der Waals surface area contributed by atoms with E-state index >= 15 is 0 Å². The lowest BCUT2D eigenvalue weighted by atomic mass is 9.88. The molecule has 4 rings (SSSR count). The number of hydrogen-bond acceptors (Lipinski definition) is 6. The van der Waals surface area contributed by atoms with Crippen LogP contribution in [0.1, 0.15) is 41.7 Å². The van der Waals surface area contributed by atoms with Gasteiger partial charge in [-0.3, -0.25) is 19.6 Å². The molecule has 0 aliphatic carbocycles. The maximum absolute atomic E-state index is 13.3. The number of aromatic nitrogens is 1. The standard InChI is InChI=1S/C25H33N3O3/c1-30-22-8-9-23(24(16-22)31-2)25(29)19-6-5-13-28(17-19)21-10-14-27(15-11-21)18-20-7-3-4-12-26-20/h3-4,7-9,12,16,19,21H,5-6,10-11,13-15,17-18H2,1-2H3. The van der Waals surface area contributed by atoms with Crippen LogP contribution in [0.2, 0.25) is 0 Å². The van der Waals surface area contributed by atoms with Gasteiger partial charge in [0.25, 0.3) is 0 Å². The molecule has 2 aliphatic rings. The van der Waals surface area contributed by atoms with Crippen molar-refractivity contribution in [1.82, 2.24) is 14.8 Å². The molecular formula is C25H33N3O3. The summed E-state index contributed by atoms with van der Waals surface area (Å²) in [6, 6.07) is 12.2. The van der Waals surface area contributed by atoms with Crippen LogP contribution in [0.3, 0.4) is 0 Å². The molecule has 0 N–H and O–H groups in total. The molecular weight excluding hydrogens is 390 g/mol. The van der Waals surface area contributed by atoms with E-state index in [9.17, 15) is 4.79 Å². The van der Waals surface area contributed by atoms with Crippen LogP contribution >= 0.6 is 0 Å². The molecule has 0 amide bonds. The van der Waals surface area contributed by atoms with E-state index in [4.69, 9.17) is 9.47 Å². The van der Waals surface area contributed by atoms with Crippen molar-refractivity contribution in [2.45, 2.75) is 38.3 Å². The molecule has 1 aromatic carbocycles. The number of methoxy groups -OCH3 is 2. The average molecular weight is 424 g/mol.